The van der Waals surface area contributed by atoms with Gasteiger partial charge < -0.3 is 5.32 Å². The highest BCUT2D eigenvalue weighted by atomic mass is 14.8. The molecule has 2 heteroatoms. The van der Waals surface area contributed by atoms with Crippen LogP contribution in [0.4, 0.5) is 0 Å². The Balaban J connectivity index is 2.18. The van der Waals surface area contributed by atoms with Crippen LogP contribution in [0.25, 0.3) is 10.8 Å². The third-order valence-electron chi connectivity index (χ3n) is 3.94. The van der Waals surface area contributed by atoms with E-state index in [2.05, 4.69) is 55.3 Å². The number of fused-ring (bicyclic) bond motifs is 1. The molecule has 0 bridgehead atoms. The van der Waals surface area contributed by atoms with Crippen LogP contribution in [0, 0.1) is 5.92 Å². The van der Waals surface area contributed by atoms with E-state index in [1.165, 1.54) is 22.8 Å². The molecule has 0 amide bonds. The van der Waals surface area contributed by atoms with E-state index in [0.717, 1.165) is 13.1 Å². The van der Waals surface area contributed by atoms with Gasteiger partial charge in [0.25, 0.3) is 0 Å². The summed E-state index contributed by atoms with van der Waals surface area (Å²) in [7, 11) is 0. The molecule has 2 atom stereocenters. The minimum absolute atomic E-state index is 0.517. The summed E-state index contributed by atoms with van der Waals surface area (Å²) < 4.78 is 0. The van der Waals surface area contributed by atoms with Crippen molar-refractivity contribution >= 4 is 10.8 Å². The maximum atomic E-state index is 4.39. The minimum Gasteiger partial charge on any atom is -0.316 e. The van der Waals surface area contributed by atoms with Gasteiger partial charge in [0.1, 0.15) is 0 Å². The lowest BCUT2D eigenvalue weighted by atomic mass is 9.87. The van der Waals surface area contributed by atoms with Crippen LogP contribution in [0.1, 0.15) is 38.7 Å². The first-order valence-corrected chi connectivity index (χ1v) is 7.27. The first kappa shape index (κ1) is 14.0. The second-order valence-corrected chi connectivity index (χ2v) is 5.42. The highest BCUT2D eigenvalue weighted by Crippen LogP contribution is 2.29. The van der Waals surface area contributed by atoms with Gasteiger partial charge in [0, 0.05) is 17.8 Å². The molecule has 1 heterocycles. The Morgan fingerprint density at radius 2 is 1.95 bits per heavy atom. The fourth-order valence-electron chi connectivity index (χ4n) is 2.49. The molecule has 2 nitrogen and oxygen atoms in total. The second kappa shape index (κ2) is 6.67. The lowest BCUT2D eigenvalue weighted by molar-refractivity contribution is 0.449. The largest absolute Gasteiger partial charge is 0.316 e. The molecular formula is C17H24N2. The third kappa shape index (κ3) is 3.32. The summed E-state index contributed by atoms with van der Waals surface area (Å²) in [6.07, 6.45) is 5.17. The van der Waals surface area contributed by atoms with Crippen LogP contribution in [0.5, 0.6) is 0 Å². The molecule has 0 aliphatic heterocycles. The molecular weight excluding hydrogens is 232 g/mol. The van der Waals surface area contributed by atoms with E-state index in [0.29, 0.717) is 11.8 Å². The summed E-state index contributed by atoms with van der Waals surface area (Å²) in [5.74, 6) is 1.13. The van der Waals surface area contributed by atoms with E-state index >= 15 is 0 Å². The van der Waals surface area contributed by atoms with E-state index in [1.54, 1.807) is 0 Å². The molecule has 19 heavy (non-hydrogen) atoms. The highest BCUT2D eigenvalue weighted by molar-refractivity contribution is 5.85. The Morgan fingerprint density at radius 3 is 2.74 bits per heavy atom. The molecule has 2 aromatic rings. The van der Waals surface area contributed by atoms with E-state index in [9.17, 15) is 0 Å². The number of nitrogens with zero attached hydrogens (tertiary/aromatic N) is 1. The SMILES string of the molecule is CCCNCC(C)C(C)c1cncc2ccccc12. The second-order valence-electron chi connectivity index (χ2n) is 5.42. The van der Waals surface area contributed by atoms with Crippen molar-refractivity contribution in [2.45, 2.75) is 33.1 Å². The third-order valence-corrected chi connectivity index (χ3v) is 3.94. The standard InChI is InChI=1S/C17H24N2/c1-4-9-18-10-13(2)14(3)17-12-19-11-15-7-5-6-8-16(15)17/h5-8,11-14,18H,4,9-10H2,1-3H3. The molecule has 0 aliphatic carbocycles. The van der Waals surface area contributed by atoms with E-state index in [-0.39, 0.29) is 0 Å². The van der Waals surface area contributed by atoms with Gasteiger partial charge in [-0.15, -0.1) is 0 Å². The zero-order chi connectivity index (χ0) is 13.7. The predicted molar refractivity (Wildman–Crippen MR) is 82.5 cm³/mol. The molecule has 0 spiro atoms. The molecule has 0 saturated heterocycles. The van der Waals surface area contributed by atoms with Crippen LogP contribution in [0.2, 0.25) is 0 Å². The van der Waals surface area contributed by atoms with Gasteiger partial charge in [0.15, 0.2) is 0 Å². The van der Waals surface area contributed by atoms with Gasteiger partial charge >= 0.3 is 0 Å². The van der Waals surface area contributed by atoms with Crippen molar-refractivity contribution in [3.8, 4) is 0 Å². The van der Waals surface area contributed by atoms with Crippen molar-refractivity contribution in [3.05, 3.63) is 42.2 Å². The number of pyridine rings is 1. The van der Waals surface area contributed by atoms with E-state index in [4.69, 9.17) is 0 Å². The average molecular weight is 256 g/mol. The van der Waals surface area contributed by atoms with Crippen molar-refractivity contribution in [1.82, 2.24) is 10.3 Å². The average Bonchev–Trinajstić information content (AvgIpc) is 2.46. The molecule has 1 aromatic carbocycles. The molecule has 1 N–H and O–H groups in total. The Hall–Kier alpha value is -1.41. The number of aromatic nitrogens is 1. The molecule has 102 valence electrons. The Labute approximate surface area is 116 Å². The maximum absolute atomic E-state index is 4.39. The Bertz CT molecular complexity index is 516. The van der Waals surface area contributed by atoms with Crippen molar-refractivity contribution in [2.24, 2.45) is 5.92 Å². The quantitative estimate of drug-likeness (QED) is 0.791. The highest BCUT2D eigenvalue weighted by Gasteiger charge is 2.16. The number of hydrogen-bond donors (Lipinski definition) is 1. The fourth-order valence-corrected chi connectivity index (χ4v) is 2.49. The van der Waals surface area contributed by atoms with Gasteiger partial charge in [-0.1, -0.05) is 45.0 Å². The first-order chi connectivity index (χ1) is 9.24. The molecule has 0 aliphatic rings. The maximum Gasteiger partial charge on any atom is 0.0346 e. The normalized spacial score (nSPS) is 14.5. The van der Waals surface area contributed by atoms with Crippen molar-refractivity contribution < 1.29 is 0 Å². The Kier molecular flexibility index (Phi) is 4.92. The van der Waals surface area contributed by atoms with Crippen LogP contribution >= 0.6 is 0 Å². The lowest BCUT2D eigenvalue weighted by Gasteiger charge is -2.22. The molecule has 0 fully saturated rings. The van der Waals surface area contributed by atoms with Crippen molar-refractivity contribution in [3.63, 3.8) is 0 Å². The van der Waals surface area contributed by atoms with Crippen molar-refractivity contribution in [1.29, 1.82) is 0 Å². The van der Waals surface area contributed by atoms with Gasteiger partial charge in [-0.25, -0.2) is 0 Å². The Morgan fingerprint density at radius 1 is 1.16 bits per heavy atom. The van der Waals surface area contributed by atoms with Crippen LogP contribution in [-0.2, 0) is 0 Å². The lowest BCUT2D eigenvalue weighted by Crippen LogP contribution is -2.25. The molecule has 0 saturated carbocycles. The van der Waals surface area contributed by atoms with Crippen LogP contribution in [0.15, 0.2) is 36.7 Å². The number of nitrogens with one attached hydrogen (secondary N) is 1. The predicted octanol–water partition coefficient (Wildman–Crippen LogP) is 3.97. The zero-order valence-corrected chi connectivity index (χ0v) is 12.2. The van der Waals surface area contributed by atoms with Crippen LogP contribution in [0.3, 0.4) is 0 Å². The van der Waals surface area contributed by atoms with Gasteiger partial charge in [-0.2, -0.15) is 0 Å². The minimum atomic E-state index is 0.517. The van der Waals surface area contributed by atoms with E-state index in [1.807, 2.05) is 12.4 Å². The van der Waals surface area contributed by atoms with Gasteiger partial charge in [0.05, 0.1) is 0 Å². The first-order valence-electron chi connectivity index (χ1n) is 7.27. The smallest absolute Gasteiger partial charge is 0.0346 e. The van der Waals surface area contributed by atoms with Gasteiger partial charge in [0.2, 0.25) is 0 Å². The summed E-state index contributed by atoms with van der Waals surface area (Å²) in [5, 5.41) is 6.09. The molecule has 0 radical (unpaired) electrons. The number of hydrogen-bond acceptors (Lipinski definition) is 2. The van der Waals surface area contributed by atoms with Gasteiger partial charge in [-0.05, 0) is 42.3 Å². The van der Waals surface area contributed by atoms with Crippen LogP contribution in [-0.4, -0.2) is 18.1 Å². The van der Waals surface area contributed by atoms with Gasteiger partial charge in [-0.3, -0.25) is 4.98 Å². The summed E-state index contributed by atoms with van der Waals surface area (Å²) in [5.41, 5.74) is 1.36. The topological polar surface area (TPSA) is 24.9 Å². The zero-order valence-electron chi connectivity index (χ0n) is 12.2. The monoisotopic (exact) mass is 256 g/mol. The molecule has 1 aromatic heterocycles. The molecule has 2 rings (SSSR count). The number of rotatable bonds is 6. The van der Waals surface area contributed by atoms with Crippen LogP contribution < -0.4 is 5.32 Å². The summed E-state index contributed by atoms with van der Waals surface area (Å²) >= 11 is 0. The fraction of sp³-hybridized carbons (Fsp3) is 0.471. The number of benzene rings is 1. The summed E-state index contributed by atoms with van der Waals surface area (Å²) in [4.78, 5) is 4.39. The van der Waals surface area contributed by atoms with E-state index < -0.39 is 0 Å². The molecule has 2 unspecified atom stereocenters. The summed E-state index contributed by atoms with van der Waals surface area (Å²) in [6, 6.07) is 8.52. The summed E-state index contributed by atoms with van der Waals surface area (Å²) in [6.45, 7) is 9.00. The van der Waals surface area contributed by atoms with Crippen molar-refractivity contribution in [2.75, 3.05) is 13.1 Å².